The lowest BCUT2D eigenvalue weighted by molar-refractivity contribution is -0.605. The average Bonchev–Trinajstić information content (AvgIpc) is 2.80. The third-order valence-corrected chi connectivity index (χ3v) is 3.89. The van der Waals surface area contributed by atoms with Gasteiger partial charge in [0.25, 0.3) is 0 Å². The molecule has 1 atom stereocenters. The normalized spacial score (nSPS) is 19.2. The van der Waals surface area contributed by atoms with Crippen molar-refractivity contribution >= 4 is 0 Å². The molecule has 0 bridgehead atoms. The highest BCUT2D eigenvalue weighted by molar-refractivity contribution is 5.15. The summed E-state index contributed by atoms with van der Waals surface area (Å²) in [6, 6.07) is 13.8. The topological polar surface area (TPSA) is 48.6 Å². The summed E-state index contributed by atoms with van der Waals surface area (Å²) in [5.74, 6) is 0.694. The molecule has 5 nitrogen and oxygen atoms in total. The van der Waals surface area contributed by atoms with Crippen molar-refractivity contribution in [3.63, 3.8) is 0 Å². The standard InChI is InChI=1S/C18H22N2O3/c21-20-10-7-17(8-11-20)23-15-18-14-19(9-4-12-22-18)13-16-5-2-1-3-6-16/h1-3,5-8,10-11,18H,4,9,12-15H2. The Bertz CT molecular complexity index is 589. The molecule has 1 aromatic carbocycles. The van der Waals surface area contributed by atoms with E-state index in [1.165, 1.54) is 18.0 Å². The van der Waals surface area contributed by atoms with Crippen molar-refractivity contribution in [2.75, 3.05) is 26.3 Å². The van der Waals surface area contributed by atoms with E-state index in [1.807, 2.05) is 6.07 Å². The summed E-state index contributed by atoms with van der Waals surface area (Å²) < 4.78 is 12.4. The molecule has 0 aliphatic carbocycles. The molecule has 2 aromatic rings. The molecule has 0 amide bonds. The van der Waals surface area contributed by atoms with Crippen LogP contribution in [0.4, 0.5) is 0 Å². The fourth-order valence-corrected chi connectivity index (χ4v) is 2.74. The zero-order valence-corrected chi connectivity index (χ0v) is 13.1. The van der Waals surface area contributed by atoms with Crippen LogP contribution in [0.25, 0.3) is 0 Å². The van der Waals surface area contributed by atoms with Crippen LogP contribution >= 0.6 is 0 Å². The van der Waals surface area contributed by atoms with Crippen LogP contribution in [-0.4, -0.2) is 37.3 Å². The van der Waals surface area contributed by atoms with Gasteiger partial charge in [-0.3, -0.25) is 4.90 Å². The summed E-state index contributed by atoms with van der Waals surface area (Å²) in [6.07, 6.45) is 3.95. The predicted octanol–water partition coefficient (Wildman–Crippen LogP) is 1.99. The van der Waals surface area contributed by atoms with Gasteiger partial charge >= 0.3 is 0 Å². The maximum atomic E-state index is 11.0. The SMILES string of the molecule is [O-][n+]1ccc(OCC2CN(Cc3ccccc3)CCCO2)cc1. The Hall–Kier alpha value is -2.11. The lowest BCUT2D eigenvalue weighted by atomic mass is 10.2. The van der Waals surface area contributed by atoms with Crippen molar-refractivity contribution in [1.82, 2.24) is 4.90 Å². The zero-order chi connectivity index (χ0) is 15.9. The summed E-state index contributed by atoms with van der Waals surface area (Å²) in [4.78, 5) is 2.41. The van der Waals surface area contributed by atoms with E-state index in [9.17, 15) is 5.21 Å². The molecule has 1 aromatic heterocycles. The van der Waals surface area contributed by atoms with Crippen molar-refractivity contribution in [2.45, 2.75) is 19.1 Å². The highest BCUT2D eigenvalue weighted by Crippen LogP contribution is 2.13. The molecule has 1 saturated heterocycles. The molecule has 122 valence electrons. The second kappa shape index (κ2) is 7.94. The molecule has 0 radical (unpaired) electrons. The first-order valence-electron chi connectivity index (χ1n) is 7.99. The number of hydrogen-bond acceptors (Lipinski definition) is 4. The number of hydrogen-bond donors (Lipinski definition) is 0. The molecule has 1 fully saturated rings. The molecule has 23 heavy (non-hydrogen) atoms. The molecule has 0 spiro atoms. The van der Waals surface area contributed by atoms with Gasteiger partial charge in [-0.25, -0.2) is 0 Å². The van der Waals surface area contributed by atoms with Crippen LogP contribution in [0.1, 0.15) is 12.0 Å². The lowest BCUT2D eigenvalue weighted by Gasteiger charge is -2.23. The quantitative estimate of drug-likeness (QED) is 0.625. The minimum atomic E-state index is 0.0424. The van der Waals surface area contributed by atoms with Gasteiger partial charge in [-0.1, -0.05) is 30.3 Å². The number of ether oxygens (including phenoxy) is 2. The highest BCUT2D eigenvalue weighted by Gasteiger charge is 2.19. The second-order valence-electron chi connectivity index (χ2n) is 5.77. The maximum absolute atomic E-state index is 11.0. The Labute approximate surface area is 136 Å². The van der Waals surface area contributed by atoms with E-state index in [1.54, 1.807) is 12.1 Å². The summed E-state index contributed by atoms with van der Waals surface area (Å²) in [5.41, 5.74) is 1.32. The van der Waals surface area contributed by atoms with Crippen molar-refractivity contribution < 1.29 is 14.2 Å². The van der Waals surface area contributed by atoms with E-state index in [0.717, 1.165) is 37.4 Å². The zero-order valence-electron chi connectivity index (χ0n) is 13.1. The summed E-state index contributed by atoms with van der Waals surface area (Å²) in [5, 5.41) is 11.0. The van der Waals surface area contributed by atoms with Gasteiger partial charge in [-0.05, 0) is 12.0 Å². The van der Waals surface area contributed by atoms with Crippen molar-refractivity contribution in [1.29, 1.82) is 0 Å². The third-order valence-electron chi connectivity index (χ3n) is 3.89. The van der Waals surface area contributed by atoms with E-state index < -0.39 is 0 Å². The van der Waals surface area contributed by atoms with E-state index in [4.69, 9.17) is 9.47 Å². The largest absolute Gasteiger partial charge is 0.619 e. The molecule has 3 rings (SSSR count). The fraction of sp³-hybridized carbons (Fsp3) is 0.389. The molecule has 5 heteroatoms. The van der Waals surface area contributed by atoms with Crippen LogP contribution in [0, 0.1) is 5.21 Å². The van der Waals surface area contributed by atoms with Gasteiger partial charge in [0.2, 0.25) is 0 Å². The van der Waals surface area contributed by atoms with E-state index >= 15 is 0 Å². The Morgan fingerprint density at radius 2 is 1.96 bits per heavy atom. The van der Waals surface area contributed by atoms with Crippen LogP contribution in [0.3, 0.4) is 0 Å². The first kappa shape index (κ1) is 15.8. The fourth-order valence-electron chi connectivity index (χ4n) is 2.74. The van der Waals surface area contributed by atoms with Gasteiger partial charge in [0.15, 0.2) is 12.4 Å². The predicted molar refractivity (Wildman–Crippen MR) is 87.0 cm³/mol. The van der Waals surface area contributed by atoms with Gasteiger partial charge < -0.3 is 14.7 Å². The van der Waals surface area contributed by atoms with Crippen LogP contribution in [0.2, 0.25) is 0 Å². The molecule has 2 heterocycles. The monoisotopic (exact) mass is 314 g/mol. The van der Waals surface area contributed by atoms with Crippen molar-refractivity contribution in [3.8, 4) is 5.75 Å². The first-order valence-corrected chi connectivity index (χ1v) is 7.99. The Morgan fingerprint density at radius 3 is 2.74 bits per heavy atom. The van der Waals surface area contributed by atoms with Gasteiger partial charge in [0.05, 0.1) is 0 Å². The number of pyridine rings is 1. The summed E-state index contributed by atoms with van der Waals surface area (Å²) in [7, 11) is 0. The minimum absolute atomic E-state index is 0.0424. The second-order valence-corrected chi connectivity index (χ2v) is 5.77. The number of aromatic nitrogens is 1. The first-order chi connectivity index (χ1) is 11.3. The molecule has 1 aliphatic heterocycles. The summed E-state index contributed by atoms with van der Waals surface area (Å²) >= 11 is 0. The van der Waals surface area contributed by atoms with Crippen LogP contribution < -0.4 is 9.47 Å². The molecular formula is C18H22N2O3. The average molecular weight is 314 g/mol. The molecule has 0 N–H and O–H groups in total. The molecule has 0 saturated carbocycles. The Morgan fingerprint density at radius 1 is 1.17 bits per heavy atom. The smallest absolute Gasteiger partial charge is 0.184 e. The number of nitrogens with zero attached hydrogens (tertiary/aromatic N) is 2. The van der Waals surface area contributed by atoms with Gasteiger partial charge in [0, 0.05) is 38.4 Å². The van der Waals surface area contributed by atoms with Gasteiger partial charge in [-0.2, -0.15) is 4.73 Å². The summed E-state index contributed by atoms with van der Waals surface area (Å²) in [6.45, 7) is 4.07. The minimum Gasteiger partial charge on any atom is -0.619 e. The molecular weight excluding hydrogens is 292 g/mol. The third kappa shape index (κ3) is 4.94. The van der Waals surface area contributed by atoms with E-state index in [0.29, 0.717) is 12.4 Å². The van der Waals surface area contributed by atoms with E-state index in [-0.39, 0.29) is 6.10 Å². The number of rotatable bonds is 5. The molecule has 1 unspecified atom stereocenters. The maximum Gasteiger partial charge on any atom is 0.184 e. The van der Waals surface area contributed by atoms with Crippen LogP contribution in [0.5, 0.6) is 5.75 Å². The van der Waals surface area contributed by atoms with Gasteiger partial charge in [-0.15, -0.1) is 0 Å². The van der Waals surface area contributed by atoms with Crippen molar-refractivity contribution in [3.05, 3.63) is 65.6 Å². The highest BCUT2D eigenvalue weighted by atomic mass is 16.5. The van der Waals surface area contributed by atoms with Crippen molar-refractivity contribution in [2.24, 2.45) is 0 Å². The van der Waals surface area contributed by atoms with Crippen LogP contribution in [-0.2, 0) is 11.3 Å². The Kier molecular flexibility index (Phi) is 5.45. The number of benzene rings is 1. The molecule has 1 aliphatic rings. The van der Waals surface area contributed by atoms with E-state index in [2.05, 4.69) is 29.2 Å². The van der Waals surface area contributed by atoms with Gasteiger partial charge in [0.1, 0.15) is 18.5 Å². The van der Waals surface area contributed by atoms with Crippen LogP contribution in [0.15, 0.2) is 54.9 Å². The Balaban J connectivity index is 1.53. The lowest BCUT2D eigenvalue weighted by Crippen LogP contribution is -2.35.